The molecule has 2 N–H and O–H groups in total. The predicted molar refractivity (Wildman–Crippen MR) is 104 cm³/mol. The number of anilines is 1. The number of thioether (sulfide) groups is 1. The van der Waals surface area contributed by atoms with E-state index in [1.807, 2.05) is 48.2 Å². The third-order valence-electron chi connectivity index (χ3n) is 4.16. The summed E-state index contributed by atoms with van der Waals surface area (Å²) in [5, 5.41) is 5.89. The Morgan fingerprint density at radius 1 is 1.12 bits per heavy atom. The number of hydrogen-bond donors (Lipinski definition) is 2. The van der Waals surface area contributed by atoms with Gasteiger partial charge in [-0.1, -0.05) is 24.3 Å². The first-order valence-corrected chi connectivity index (χ1v) is 9.79. The first-order chi connectivity index (χ1) is 12.3. The van der Waals surface area contributed by atoms with Crippen molar-refractivity contribution in [2.75, 3.05) is 36.5 Å². The minimum atomic E-state index is -0.169. The molecule has 0 spiro atoms. The summed E-state index contributed by atoms with van der Waals surface area (Å²) in [7, 11) is 0. The van der Waals surface area contributed by atoms with Crippen LogP contribution in [0.4, 0.5) is 10.5 Å². The molecule has 132 valence electrons. The number of carbonyl (C=O) groups is 1. The molecule has 1 aromatic carbocycles. The van der Waals surface area contributed by atoms with Gasteiger partial charge >= 0.3 is 6.03 Å². The molecule has 1 aliphatic heterocycles. The molecule has 1 aliphatic rings. The van der Waals surface area contributed by atoms with Crippen molar-refractivity contribution in [2.45, 2.75) is 13.0 Å². The van der Waals surface area contributed by atoms with E-state index < -0.39 is 0 Å². The zero-order chi connectivity index (χ0) is 17.3. The van der Waals surface area contributed by atoms with Crippen LogP contribution >= 0.6 is 11.8 Å². The van der Waals surface area contributed by atoms with Crippen LogP contribution in [0.2, 0.25) is 0 Å². The Kier molecular flexibility index (Phi) is 6.71. The molecule has 25 heavy (non-hydrogen) atoms. The largest absolute Gasteiger partial charge is 0.337 e. The van der Waals surface area contributed by atoms with E-state index in [1.54, 1.807) is 6.20 Å². The Morgan fingerprint density at radius 2 is 1.92 bits per heavy atom. The number of urea groups is 1. The monoisotopic (exact) mass is 356 g/mol. The topological polar surface area (TPSA) is 57.3 Å². The molecule has 0 saturated carbocycles. The third kappa shape index (κ3) is 5.76. The van der Waals surface area contributed by atoms with Crippen LogP contribution in [0.1, 0.15) is 11.3 Å². The minimum Gasteiger partial charge on any atom is -0.337 e. The molecule has 2 heterocycles. The number of nitrogens with zero attached hydrogens (tertiary/aromatic N) is 2. The van der Waals surface area contributed by atoms with Crippen molar-refractivity contribution >= 4 is 23.5 Å². The Bertz CT molecular complexity index is 674. The Morgan fingerprint density at radius 3 is 2.72 bits per heavy atom. The van der Waals surface area contributed by atoms with Gasteiger partial charge in [0.1, 0.15) is 0 Å². The maximum Gasteiger partial charge on any atom is 0.319 e. The standard InChI is InChI=1S/C19H24N4OS/c24-19(21-10-8-17-6-3-4-9-20-17)22-18-7-2-1-5-16(18)15-23-11-13-25-14-12-23/h1-7,9H,8,10-15H2,(H2,21,22,24). The van der Waals surface area contributed by atoms with Gasteiger partial charge in [-0.15, -0.1) is 0 Å². The average Bonchev–Trinajstić information content (AvgIpc) is 2.65. The summed E-state index contributed by atoms with van der Waals surface area (Å²) in [6.45, 7) is 3.66. The second-order valence-electron chi connectivity index (χ2n) is 6.00. The molecule has 0 bridgehead atoms. The van der Waals surface area contributed by atoms with E-state index in [1.165, 1.54) is 11.5 Å². The van der Waals surface area contributed by atoms with Crippen LogP contribution in [-0.2, 0) is 13.0 Å². The number of aromatic nitrogens is 1. The number of pyridine rings is 1. The van der Waals surface area contributed by atoms with Gasteiger partial charge in [-0.05, 0) is 23.8 Å². The zero-order valence-corrected chi connectivity index (χ0v) is 15.1. The highest BCUT2D eigenvalue weighted by atomic mass is 32.2. The molecule has 5 nitrogen and oxygen atoms in total. The lowest BCUT2D eigenvalue weighted by Crippen LogP contribution is -2.33. The lowest BCUT2D eigenvalue weighted by atomic mass is 10.1. The molecule has 2 amide bonds. The first-order valence-electron chi connectivity index (χ1n) is 8.64. The van der Waals surface area contributed by atoms with E-state index in [9.17, 15) is 4.79 Å². The van der Waals surface area contributed by atoms with Crippen LogP contribution < -0.4 is 10.6 Å². The predicted octanol–water partition coefficient (Wildman–Crippen LogP) is 2.99. The van der Waals surface area contributed by atoms with Crippen LogP contribution in [0.5, 0.6) is 0 Å². The van der Waals surface area contributed by atoms with Crippen molar-refractivity contribution < 1.29 is 4.79 Å². The fourth-order valence-corrected chi connectivity index (χ4v) is 3.78. The third-order valence-corrected chi connectivity index (χ3v) is 5.10. The van der Waals surface area contributed by atoms with Gasteiger partial charge in [-0.2, -0.15) is 11.8 Å². The average molecular weight is 356 g/mol. The Hall–Kier alpha value is -2.05. The van der Waals surface area contributed by atoms with Crippen LogP contribution in [-0.4, -0.2) is 47.1 Å². The Labute approximate surface area is 153 Å². The van der Waals surface area contributed by atoms with Crippen LogP contribution in [0.15, 0.2) is 48.7 Å². The van der Waals surface area contributed by atoms with Gasteiger partial charge in [-0.3, -0.25) is 9.88 Å². The molecule has 2 aromatic rings. The summed E-state index contributed by atoms with van der Waals surface area (Å²) in [6.07, 6.45) is 2.49. The fourth-order valence-electron chi connectivity index (χ4n) is 2.80. The molecule has 0 aliphatic carbocycles. The van der Waals surface area contributed by atoms with Crippen molar-refractivity contribution in [1.82, 2.24) is 15.2 Å². The summed E-state index contributed by atoms with van der Waals surface area (Å²) in [5.74, 6) is 2.37. The second-order valence-corrected chi connectivity index (χ2v) is 7.22. The number of amides is 2. The van der Waals surface area contributed by atoms with E-state index in [0.29, 0.717) is 6.54 Å². The highest BCUT2D eigenvalue weighted by molar-refractivity contribution is 7.99. The number of hydrogen-bond acceptors (Lipinski definition) is 4. The van der Waals surface area contributed by atoms with Gasteiger partial charge in [0, 0.05) is 61.7 Å². The van der Waals surface area contributed by atoms with Gasteiger partial charge in [0.25, 0.3) is 0 Å². The lowest BCUT2D eigenvalue weighted by Gasteiger charge is -2.27. The number of nitrogens with one attached hydrogen (secondary N) is 2. The summed E-state index contributed by atoms with van der Waals surface area (Å²) in [5.41, 5.74) is 3.02. The van der Waals surface area contributed by atoms with E-state index in [-0.39, 0.29) is 6.03 Å². The minimum absolute atomic E-state index is 0.169. The number of benzene rings is 1. The van der Waals surface area contributed by atoms with E-state index in [4.69, 9.17) is 0 Å². The van der Waals surface area contributed by atoms with Crippen LogP contribution in [0.25, 0.3) is 0 Å². The lowest BCUT2D eigenvalue weighted by molar-refractivity contribution is 0.252. The number of para-hydroxylation sites is 1. The first kappa shape index (κ1) is 17.8. The number of rotatable bonds is 6. The quantitative estimate of drug-likeness (QED) is 0.835. The maximum absolute atomic E-state index is 12.2. The van der Waals surface area contributed by atoms with Crippen molar-refractivity contribution in [1.29, 1.82) is 0 Å². The maximum atomic E-state index is 12.2. The normalized spacial score (nSPS) is 14.9. The summed E-state index contributed by atoms with van der Waals surface area (Å²) < 4.78 is 0. The molecule has 1 fully saturated rings. The summed E-state index contributed by atoms with van der Waals surface area (Å²) in [4.78, 5) is 18.9. The molecule has 1 aromatic heterocycles. The van der Waals surface area contributed by atoms with Crippen LogP contribution in [0, 0.1) is 0 Å². The number of carbonyl (C=O) groups excluding carboxylic acids is 1. The molecule has 3 rings (SSSR count). The van der Waals surface area contributed by atoms with E-state index in [2.05, 4.69) is 26.6 Å². The highest BCUT2D eigenvalue weighted by Gasteiger charge is 2.13. The smallest absolute Gasteiger partial charge is 0.319 e. The second kappa shape index (κ2) is 9.44. The molecule has 6 heteroatoms. The highest BCUT2D eigenvalue weighted by Crippen LogP contribution is 2.19. The van der Waals surface area contributed by atoms with Crippen LogP contribution in [0.3, 0.4) is 0 Å². The van der Waals surface area contributed by atoms with E-state index in [0.717, 1.165) is 43.0 Å². The summed E-state index contributed by atoms with van der Waals surface area (Å²) >= 11 is 2.00. The van der Waals surface area contributed by atoms with Crippen molar-refractivity contribution in [3.63, 3.8) is 0 Å². The summed E-state index contributed by atoms with van der Waals surface area (Å²) in [6, 6.07) is 13.7. The molecule has 0 atom stereocenters. The van der Waals surface area contributed by atoms with Gasteiger partial charge in [0.2, 0.25) is 0 Å². The zero-order valence-electron chi connectivity index (χ0n) is 14.3. The van der Waals surface area contributed by atoms with Crippen molar-refractivity contribution in [3.8, 4) is 0 Å². The Balaban J connectivity index is 1.50. The van der Waals surface area contributed by atoms with Gasteiger partial charge in [0.05, 0.1) is 0 Å². The van der Waals surface area contributed by atoms with Gasteiger partial charge in [-0.25, -0.2) is 4.79 Å². The molecular weight excluding hydrogens is 332 g/mol. The molecule has 0 radical (unpaired) electrons. The fraction of sp³-hybridized carbons (Fsp3) is 0.368. The molecular formula is C19H24N4OS. The van der Waals surface area contributed by atoms with Crippen molar-refractivity contribution in [2.24, 2.45) is 0 Å². The molecule has 1 saturated heterocycles. The van der Waals surface area contributed by atoms with Crippen molar-refractivity contribution in [3.05, 3.63) is 59.9 Å². The van der Waals surface area contributed by atoms with E-state index >= 15 is 0 Å². The van der Waals surface area contributed by atoms with Gasteiger partial charge < -0.3 is 10.6 Å². The van der Waals surface area contributed by atoms with Gasteiger partial charge in [0.15, 0.2) is 0 Å². The SMILES string of the molecule is O=C(NCCc1ccccn1)Nc1ccccc1CN1CCSCC1. The molecule has 0 unspecified atom stereocenters.